The first kappa shape index (κ1) is 14.0. The second kappa shape index (κ2) is 5.80. The molecule has 4 nitrogen and oxygen atoms in total. The first-order valence-electron chi connectivity index (χ1n) is 3.22. The SMILES string of the molecule is NP(N)(=S)Nc1ccc(O)cc1.[KH]. The Morgan fingerprint density at radius 3 is 2.08 bits per heavy atom. The fourth-order valence-electron chi connectivity index (χ4n) is 0.738. The van der Waals surface area contributed by atoms with Crippen LogP contribution in [0.15, 0.2) is 24.3 Å². The van der Waals surface area contributed by atoms with Crippen molar-refractivity contribution < 1.29 is 5.11 Å². The summed E-state index contributed by atoms with van der Waals surface area (Å²) in [5.41, 5.74) is 11.6. The van der Waals surface area contributed by atoms with Crippen LogP contribution in [0.5, 0.6) is 5.75 Å². The van der Waals surface area contributed by atoms with Crippen LogP contribution < -0.4 is 16.1 Å². The molecule has 0 spiro atoms. The Balaban J connectivity index is 0.00000144. The Kier molecular flexibility index (Phi) is 6.26. The van der Waals surface area contributed by atoms with E-state index in [0.29, 0.717) is 0 Å². The second-order valence-corrected chi connectivity index (χ2v) is 5.82. The Labute approximate surface area is 125 Å². The summed E-state index contributed by atoms with van der Waals surface area (Å²) in [5.74, 6) is 0.197. The van der Waals surface area contributed by atoms with E-state index in [0.717, 1.165) is 5.69 Å². The van der Waals surface area contributed by atoms with Gasteiger partial charge in [0.05, 0.1) is 0 Å². The van der Waals surface area contributed by atoms with Crippen molar-refractivity contribution >= 4 is 75.4 Å². The van der Waals surface area contributed by atoms with Gasteiger partial charge in [0.15, 0.2) is 6.49 Å². The summed E-state index contributed by atoms with van der Waals surface area (Å²) >= 11 is 4.79. The molecule has 0 aromatic heterocycles. The van der Waals surface area contributed by atoms with Crippen molar-refractivity contribution in [2.45, 2.75) is 0 Å². The molecule has 0 bridgehead atoms. The molecule has 1 rings (SSSR count). The number of hydrogen-bond acceptors (Lipinski definition) is 2. The summed E-state index contributed by atoms with van der Waals surface area (Å²) in [7, 11) is 0. The fourth-order valence-corrected chi connectivity index (χ4v) is 1.61. The molecule has 0 atom stereocenters. The molecule has 0 radical (unpaired) electrons. The molecular weight excluding hydrogens is 232 g/mol. The summed E-state index contributed by atoms with van der Waals surface area (Å²) in [6, 6.07) is 6.40. The van der Waals surface area contributed by atoms with E-state index in [9.17, 15) is 0 Å². The minimum atomic E-state index is -2.40. The van der Waals surface area contributed by atoms with Gasteiger partial charge in [-0.25, -0.2) is 0 Å². The number of nitrogens with one attached hydrogen (secondary N) is 1. The third-order valence-electron chi connectivity index (χ3n) is 1.17. The van der Waals surface area contributed by atoms with Gasteiger partial charge in [-0.05, 0) is 36.1 Å². The van der Waals surface area contributed by atoms with Crippen molar-refractivity contribution in [2.24, 2.45) is 11.0 Å². The maximum absolute atomic E-state index is 8.95. The van der Waals surface area contributed by atoms with E-state index >= 15 is 0 Å². The molecule has 0 aliphatic rings. The summed E-state index contributed by atoms with van der Waals surface area (Å²) in [6.07, 6.45) is 0. The van der Waals surface area contributed by atoms with Crippen LogP contribution in [0.4, 0.5) is 5.69 Å². The molecule has 0 amide bonds. The van der Waals surface area contributed by atoms with Crippen molar-refractivity contribution in [3.63, 3.8) is 0 Å². The fraction of sp³-hybridized carbons (Fsp3) is 0. The van der Waals surface area contributed by atoms with E-state index < -0.39 is 6.49 Å². The van der Waals surface area contributed by atoms with Crippen LogP contribution in [0.2, 0.25) is 0 Å². The van der Waals surface area contributed by atoms with E-state index in [2.05, 4.69) is 5.09 Å². The average Bonchev–Trinajstić information content (AvgIpc) is 1.91. The van der Waals surface area contributed by atoms with Crippen LogP contribution in [-0.2, 0) is 11.8 Å². The normalized spacial score (nSPS) is 10.3. The number of phenolic OH excluding ortho intramolecular Hbond substituents is 1. The van der Waals surface area contributed by atoms with Crippen LogP contribution in [0.3, 0.4) is 0 Å². The molecule has 0 aliphatic heterocycles. The number of hydrogen-bond donors (Lipinski definition) is 4. The van der Waals surface area contributed by atoms with Crippen LogP contribution in [0, 0.1) is 0 Å². The molecule has 1 aromatic rings. The van der Waals surface area contributed by atoms with Gasteiger partial charge in [0, 0.05) is 5.69 Å². The summed E-state index contributed by atoms with van der Waals surface area (Å²) < 4.78 is 0. The molecule has 0 heterocycles. The van der Waals surface area contributed by atoms with E-state index in [-0.39, 0.29) is 57.1 Å². The van der Waals surface area contributed by atoms with Crippen molar-refractivity contribution in [2.75, 3.05) is 5.09 Å². The third-order valence-corrected chi connectivity index (χ3v) is 2.05. The van der Waals surface area contributed by atoms with Gasteiger partial charge in [-0.2, -0.15) is 0 Å². The molecule has 0 fully saturated rings. The van der Waals surface area contributed by atoms with Crippen LogP contribution in [-0.4, -0.2) is 56.5 Å². The number of aromatic hydroxyl groups is 1. The van der Waals surface area contributed by atoms with Crippen molar-refractivity contribution in [1.29, 1.82) is 0 Å². The first-order valence-corrected chi connectivity index (χ1v) is 6.16. The third kappa shape index (κ3) is 6.17. The van der Waals surface area contributed by atoms with E-state index in [1.165, 1.54) is 12.1 Å². The molecule has 7 heteroatoms. The van der Waals surface area contributed by atoms with Gasteiger partial charge in [-0.3, -0.25) is 11.0 Å². The molecule has 13 heavy (non-hydrogen) atoms. The van der Waals surface area contributed by atoms with Crippen LogP contribution in [0.25, 0.3) is 0 Å². The van der Waals surface area contributed by atoms with Crippen molar-refractivity contribution in [3.8, 4) is 5.75 Å². The number of nitrogens with two attached hydrogens (primary N) is 2. The molecule has 0 saturated heterocycles. The van der Waals surface area contributed by atoms with Gasteiger partial charge in [-0.1, -0.05) is 0 Å². The van der Waals surface area contributed by atoms with Gasteiger partial charge in [0.2, 0.25) is 0 Å². The summed E-state index contributed by atoms with van der Waals surface area (Å²) in [5, 5.41) is 11.7. The van der Waals surface area contributed by atoms with Gasteiger partial charge in [0.1, 0.15) is 5.75 Å². The topological polar surface area (TPSA) is 84.3 Å². The van der Waals surface area contributed by atoms with Crippen LogP contribution >= 0.6 is 6.49 Å². The van der Waals surface area contributed by atoms with Crippen molar-refractivity contribution in [3.05, 3.63) is 24.3 Å². The van der Waals surface area contributed by atoms with Gasteiger partial charge >= 0.3 is 51.4 Å². The number of anilines is 1. The number of phenols is 1. The Morgan fingerprint density at radius 1 is 1.23 bits per heavy atom. The van der Waals surface area contributed by atoms with Gasteiger partial charge < -0.3 is 10.2 Å². The summed E-state index contributed by atoms with van der Waals surface area (Å²) in [6.45, 7) is -2.40. The maximum atomic E-state index is 8.95. The molecular formula is C6H11KN3OPS. The predicted octanol–water partition coefficient (Wildman–Crippen LogP) is 0.297. The molecule has 1 aromatic carbocycles. The van der Waals surface area contributed by atoms with Crippen molar-refractivity contribution in [1.82, 2.24) is 0 Å². The molecule has 0 saturated carbocycles. The zero-order chi connectivity index (χ0) is 9.19. The monoisotopic (exact) mass is 243 g/mol. The average molecular weight is 243 g/mol. The minimum absolute atomic E-state index is 0. The molecule has 0 aliphatic carbocycles. The van der Waals surface area contributed by atoms with Crippen LogP contribution in [0.1, 0.15) is 0 Å². The van der Waals surface area contributed by atoms with E-state index in [1.54, 1.807) is 12.1 Å². The van der Waals surface area contributed by atoms with E-state index in [1.807, 2.05) is 0 Å². The second-order valence-electron chi connectivity index (χ2n) is 2.37. The zero-order valence-corrected chi connectivity index (χ0v) is 7.98. The summed E-state index contributed by atoms with van der Waals surface area (Å²) in [4.78, 5) is 0. The number of rotatable bonds is 2. The first-order chi connectivity index (χ1) is 5.47. The predicted molar refractivity (Wildman–Crippen MR) is 61.5 cm³/mol. The Bertz CT molecular complexity index is 312. The molecule has 6 N–H and O–H groups in total. The quantitative estimate of drug-likeness (QED) is 0.341. The molecule has 68 valence electrons. The number of benzene rings is 1. The standard InChI is InChI=1S/C6H10N3OPS.K.H/c7-11(8,12)9-5-1-3-6(10)4-2-5;;/h1-4,10H,(H5,7,8,9,12);;. The zero-order valence-electron chi connectivity index (χ0n) is 6.27. The van der Waals surface area contributed by atoms with Gasteiger partial charge in [0.25, 0.3) is 0 Å². The Hall–Kier alpha value is 1.03. The van der Waals surface area contributed by atoms with E-state index in [4.69, 9.17) is 27.9 Å². The Morgan fingerprint density at radius 2 is 1.69 bits per heavy atom. The molecule has 0 unspecified atom stereocenters. The van der Waals surface area contributed by atoms with Gasteiger partial charge in [-0.15, -0.1) is 0 Å².